The van der Waals surface area contributed by atoms with Crippen molar-refractivity contribution in [2.75, 3.05) is 7.05 Å². The summed E-state index contributed by atoms with van der Waals surface area (Å²) in [4.78, 5) is 5.77. The molecule has 0 amide bonds. The van der Waals surface area contributed by atoms with Crippen LogP contribution < -0.4 is 5.32 Å². The van der Waals surface area contributed by atoms with Gasteiger partial charge >= 0.3 is 0 Å². The molecule has 2 rings (SSSR count). The Labute approximate surface area is 119 Å². The van der Waals surface area contributed by atoms with Gasteiger partial charge in [-0.25, -0.2) is 0 Å². The van der Waals surface area contributed by atoms with Gasteiger partial charge in [0.2, 0.25) is 0 Å². The first-order valence-electron chi connectivity index (χ1n) is 6.63. The van der Waals surface area contributed by atoms with E-state index in [1.807, 2.05) is 31.1 Å². The van der Waals surface area contributed by atoms with Crippen LogP contribution in [-0.4, -0.2) is 12.0 Å². The van der Waals surface area contributed by atoms with Gasteiger partial charge in [0.25, 0.3) is 0 Å². The van der Waals surface area contributed by atoms with Gasteiger partial charge in [-0.1, -0.05) is 37.3 Å². The highest BCUT2D eigenvalue weighted by Crippen LogP contribution is 2.23. The second kappa shape index (κ2) is 7.31. The van der Waals surface area contributed by atoms with Crippen LogP contribution in [0.15, 0.2) is 53.6 Å². The van der Waals surface area contributed by atoms with Gasteiger partial charge in [0.05, 0.1) is 5.69 Å². The smallest absolute Gasteiger partial charge is 0.0573 e. The topological polar surface area (TPSA) is 24.9 Å². The fourth-order valence-corrected chi connectivity index (χ4v) is 2.80. The van der Waals surface area contributed by atoms with Gasteiger partial charge in [0, 0.05) is 22.9 Å². The van der Waals surface area contributed by atoms with E-state index < -0.39 is 0 Å². The largest absolute Gasteiger partial charge is 0.312 e. The lowest BCUT2D eigenvalue weighted by Crippen LogP contribution is -2.16. The number of nitrogens with zero attached hydrogens (tertiary/aromatic N) is 1. The van der Waals surface area contributed by atoms with Crippen molar-refractivity contribution in [3.63, 3.8) is 0 Å². The number of rotatable bonds is 6. The van der Waals surface area contributed by atoms with Gasteiger partial charge in [-0.15, -0.1) is 11.8 Å². The second-order valence-electron chi connectivity index (χ2n) is 4.44. The molecule has 19 heavy (non-hydrogen) atoms. The van der Waals surface area contributed by atoms with E-state index in [9.17, 15) is 0 Å². The van der Waals surface area contributed by atoms with Gasteiger partial charge < -0.3 is 5.32 Å². The monoisotopic (exact) mass is 272 g/mol. The molecule has 0 spiro atoms. The molecular weight excluding hydrogens is 252 g/mol. The van der Waals surface area contributed by atoms with E-state index in [0.717, 1.165) is 17.9 Å². The lowest BCUT2D eigenvalue weighted by Gasteiger charge is -2.13. The Bertz CT molecular complexity index is 478. The van der Waals surface area contributed by atoms with Gasteiger partial charge in [0.15, 0.2) is 0 Å². The standard InChI is InChI=1S/C16H20N2S/c1-3-15(17-2)16-10-9-14(11-18-16)19-12-13-7-5-4-6-8-13/h4-11,15,17H,3,12H2,1-2H3. The number of hydrogen-bond donors (Lipinski definition) is 1. The summed E-state index contributed by atoms with van der Waals surface area (Å²) < 4.78 is 0. The number of thioether (sulfide) groups is 1. The van der Waals surface area contributed by atoms with Crippen molar-refractivity contribution in [2.24, 2.45) is 0 Å². The first-order valence-corrected chi connectivity index (χ1v) is 7.62. The van der Waals surface area contributed by atoms with Crippen molar-refractivity contribution in [3.05, 3.63) is 59.9 Å². The Balaban J connectivity index is 1.95. The highest BCUT2D eigenvalue weighted by Gasteiger charge is 2.07. The van der Waals surface area contributed by atoms with E-state index >= 15 is 0 Å². The minimum absolute atomic E-state index is 0.355. The maximum atomic E-state index is 4.55. The third-order valence-corrected chi connectivity index (χ3v) is 4.17. The average molecular weight is 272 g/mol. The molecule has 1 heterocycles. The van der Waals surface area contributed by atoms with Gasteiger partial charge in [-0.05, 0) is 31.2 Å². The van der Waals surface area contributed by atoms with Gasteiger partial charge in [-0.2, -0.15) is 0 Å². The van der Waals surface area contributed by atoms with E-state index in [2.05, 4.69) is 53.6 Å². The van der Waals surface area contributed by atoms with Crippen LogP contribution in [0, 0.1) is 0 Å². The van der Waals surface area contributed by atoms with Crippen LogP contribution in [0.1, 0.15) is 30.6 Å². The second-order valence-corrected chi connectivity index (χ2v) is 5.49. The molecule has 0 radical (unpaired) electrons. The molecule has 0 fully saturated rings. The molecule has 3 heteroatoms. The molecule has 0 saturated carbocycles. The first-order chi connectivity index (χ1) is 9.33. The van der Waals surface area contributed by atoms with Crippen LogP contribution in [0.4, 0.5) is 0 Å². The van der Waals surface area contributed by atoms with Crippen molar-refractivity contribution in [1.29, 1.82) is 0 Å². The molecule has 0 aliphatic heterocycles. The van der Waals surface area contributed by atoms with Gasteiger partial charge in [-0.3, -0.25) is 4.98 Å². The Morgan fingerprint density at radius 2 is 1.95 bits per heavy atom. The molecule has 1 aromatic heterocycles. The van der Waals surface area contributed by atoms with Gasteiger partial charge in [0.1, 0.15) is 0 Å². The summed E-state index contributed by atoms with van der Waals surface area (Å²) in [5, 5.41) is 3.28. The summed E-state index contributed by atoms with van der Waals surface area (Å²) in [6.45, 7) is 2.17. The fourth-order valence-electron chi connectivity index (χ4n) is 1.99. The summed E-state index contributed by atoms with van der Waals surface area (Å²) in [7, 11) is 1.98. The van der Waals surface area contributed by atoms with Crippen LogP contribution in [0.3, 0.4) is 0 Å². The third-order valence-electron chi connectivity index (χ3n) is 3.12. The van der Waals surface area contributed by atoms with Crippen molar-refractivity contribution in [1.82, 2.24) is 10.3 Å². The molecule has 1 aromatic carbocycles. The number of benzene rings is 1. The molecule has 2 aromatic rings. The molecule has 1 N–H and O–H groups in total. The van der Waals surface area contributed by atoms with E-state index in [4.69, 9.17) is 0 Å². The Morgan fingerprint density at radius 1 is 1.16 bits per heavy atom. The number of pyridine rings is 1. The van der Waals surface area contributed by atoms with Crippen molar-refractivity contribution in [2.45, 2.75) is 30.0 Å². The van der Waals surface area contributed by atoms with E-state index in [1.165, 1.54) is 10.5 Å². The molecule has 0 bridgehead atoms. The molecule has 2 nitrogen and oxygen atoms in total. The van der Waals surface area contributed by atoms with Crippen LogP contribution >= 0.6 is 11.8 Å². The SMILES string of the molecule is CCC(NC)c1ccc(SCc2ccccc2)cn1. The van der Waals surface area contributed by atoms with Crippen LogP contribution in [0.2, 0.25) is 0 Å². The summed E-state index contributed by atoms with van der Waals surface area (Å²) in [6.07, 6.45) is 3.03. The zero-order chi connectivity index (χ0) is 13.5. The average Bonchev–Trinajstić information content (AvgIpc) is 2.49. The summed E-state index contributed by atoms with van der Waals surface area (Å²) >= 11 is 1.83. The maximum Gasteiger partial charge on any atom is 0.0573 e. The minimum Gasteiger partial charge on any atom is -0.312 e. The molecule has 0 aliphatic carbocycles. The highest BCUT2D eigenvalue weighted by atomic mass is 32.2. The van der Waals surface area contributed by atoms with Crippen molar-refractivity contribution >= 4 is 11.8 Å². The predicted molar refractivity (Wildman–Crippen MR) is 82.3 cm³/mol. The maximum absolute atomic E-state index is 4.55. The minimum atomic E-state index is 0.355. The lowest BCUT2D eigenvalue weighted by atomic mass is 10.1. The predicted octanol–water partition coefficient (Wildman–Crippen LogP) is 4.04. The molecule has 0 saturated heterocycles. The molecule has 100 valence electrons. The van der Waals surface area contributed by atoms with E-state index in [1.54, 1.807) is 0 Å². The molecular formula is C16H20N2S. The number of hydrogen-bond acceptors (Lipinski definition) is 3. The van der Waals surface area contributed by atoms with E-state index in [0.29, 0.717) is 6.04 Å². The molecule has 1 unspecified atom stereocenters. The summed E-state index contributed by atoms with van der Waals surface area (Å²) in [5.74, 6) is 0.991. The lowest BCUT2D eigenvalue weighted by molar-refractivity contribution is 0.561. The summed E-state index contributed by atoms with van der Waals surface area (Å²) in [6, 6.07) is 15.2. The highest BCUT2D eigenvalue weighted by molar-refractivity contribution is 7.98. The molecule has 1 atom stereocenters. The Hall–Kier alpha value is -1.32. The normalized spacial score (nSPS) is 12.3. The number of aromatic nitrogens is 1. The Kier molecular flexibility index (Phi) is 5.43. The quantitative estimate of drug-likeness (QED) is 0.803. The van der Waals surface area contributed by atoms with Crippen LogP contribution in [0.25, 0.3) is 0 Å². The number of nitrogens with one attached hydrogen (secondary N) is 1. The Morgan fingerprint density at radius 3 is 2.53 bits per heavy atom. The zero-order valence-corrected chi connectivity index (χ0v) is 12.3. The third kappa shape index (κ3) is 4.08. The van der Waals surface area contributed by atoms with Crippen LogP contribution in [-0.2, 0) is 5.75 Å². The summed E-state index contributed by atoms with van der Waals surface area (Å²) in [5.41, 5.74) is 2.47. The fraction of sp³-hybridized carbons (Fsp3) is 0.312. The zero-order valence-electron chi connectivity index (χ0n) is 11.5. The van der Waals surface area contributed by atoms with Crippen molar-refractivity contribution < 1.29 is 0 Å². The first kappa shape index (κ1) is 14.1. The van der Waals surface area contributed by atoms with Crippen LogP contribution in [0.5, 0.6) is 0 Å². The molecule has 0 aliphatic rings. The van der Waals surface area contributed by atoms with E-state index in [-0.39, 0.29) is 0 Å². The van der Waals surface area contributed by atoms with Crippen molar-refractivity contribution in [3.8, 4) is 0 Å².